The van der Waals surface area contributed by atoms with Gasteiger partial charge >= 0.3 is 0 Å². The second-order valence-corrected chi connectivity index (χ2v) is 7.90. The van der Waals surface area contributed by atoms with Gasteiger partial charge in [-0.3, -0.25) is 9.52 Å². The molecule has 1 amide bonds. The van der Waals surface area contributed by atoms with Crippen LogP contribution in [0.25, 0.3) is 0 Å². The summed E-state index contributed by atoms with van der Waals surface area (Å²) in [5, 5.41) is 2.85. The van der Waals surface area contributed by atoms with Crippen molar-refractivity contribution in [3.63, 3.8) is 0 Å². The van der Waals surface area contributed by atoms with Gasteiger partial charge in [0.15, 0.2) is 0 Å². The fourth-order valence-corrected chi connectivity index (χ4v) is 3.82. The first kappa shape index (κ1) is 19.6. The lowest BCUT2D eigenvalue weighted by atomic mass is 10.1. The number of hydrogen-bond donors (Lipinski definition) is 2. The van der Waals surface area contributed by atoms with Gasteiger partial charge in [0.25, 0.3) is 15.9 Å². The summed E-state index contributed by atoms with van der Waals surface area (Å²) in [4.78, 5) is 12.5. The Kier molecular flexibility index (Phi) is 5.75. The lowest BCUT2D eigenvalue weighted by Gasteiger charge is -2.17. The maximum atomic E-state index is 13.4. The van der Waals surface area contributed by atoms with Crippen LogP contribution < -0.4 is 10.0 Å². The number of hydrogen-bond acceptors (Lipinski definition) is 3. The van der Waals surface area contributed by atoms with E-state index in [4.69, 9.17) is 0 Å². The van der Waals surface area contributed by atoms with Crippen molar-refractivity contribution in [1.82, 2.24) is 5.32 Å². The zero-order chi connectivity index (χ0) is 20.1. The minimum absolute atomic E-state index is 0.115. The number of carbonyl (C=O) groups is 1. The summed E-state index contributed by atoms with van der Waals surface area (Å²) in [5.41, 5.74) is 1.21. The highest BCUT2D eigenvalue weighted by atomic mass is 32.2. The zero-order valence-corrected chi connectivity index (χ0v) is 15.9. The first-order valence-corrected chi connectivity index (χ1v) is 10.1. The first-order valence-electron chi connectivity index (χ1n) is 8.60. The molecule has 144 valence electrons. The number of anilines is 1. The van der Waals surface area contributed by atoms with Crippen molar-refractivity contribution in [2.24, 2.45) is 0 Å². The lowest BCUT2D eigenvalue weighted by molar-refractivity contribution is 0.0941. The fraction of sp³-hybridized carbons (Fsp3) is 0.0952. The molecule has 3 aromatic rings. The molecule has 1 unspecified atom stereocenters. The van der Waals surface area contributed by atoms with E-state index in [1.165, 1.54) is 24.3 Å². The molecule has 0 heterocycles. The van der Waals surface area contributed by atoms with Crippen LogP contribution in [0.5, 0.6) is 0 Å². The van der Waals surface area contributed by atoms with Crippen LogP contribution in [0.15, 0.2) is 83.8 Å². The molecule has 28 heavy (non-hydrogen) atoms. The molecule has 0 bridgehead atoms. The van der Waals surface area contributed by atoms with Crippen LogP contribution in [0.1, 0.15) is 28.9 Å². The Morgan fingerprint density at radius 1 is 0.929 bits per heavy atom. The van der Waals surface area contributed by atoms with E-state index in [0.29, 0.717) is 0 Å². The van der Waals surface area contributed by atoms with Crippen LogP contribution in [-0.4, -0.2) is 14.3 Å². The van der Waals surface area contributed by atoms with Gasteiger partial charge in [-0.15, -0.1) is 0 Å². The first-order chi connectivity index (χ1) is 13.4. The summed E-state index contributed by atoms with van der Waals surface area (Å²) >= 11 is 0. The van der Waals surface area contributed by atoms with Crippen LogP contribution in [-0.2, 0) is 10.0 Å². The van der Waals surface area contributed by atoms with Crippen LogP contribution in [0, 0.1) is 5.82 Å². The predicted octanol–water partition coefficient (Wildman–Crippen LogP) is 4.12. The van der Waals surface area contributed by atoms with E-state index in [2.05, 4.69) is 10.0 Å². The molecule has 0 aromatic heterocycles. The number of carbonyl (C=O) groups excluding carboxylic acids is 1. The van der Waals surface area contributed by atoms with Gasteiger partial charge in [0.2, 0.25) is 0 Å². The molecular weight excluding hydrogens is 379 g/mol. The molecule has 0 saturated heterocycles. The summed E-state index contributed by atoms with van der Waals surface area (Å²) in [5.74, 6) is -1.08. The third kappa shape index (κ3) is 4.55. The van der Waals surface area contributed by atoms with E-state index < -0.39 is 21.7 Å². The van der Waals surface area contributed by atoms with Gasteiger partial charge in [0.05, 0.1) is 22.2 Å². The van der Waals surface area contributed by atoms with Gasteiger partial charge in [0.1, 0.15) is 5.82 Å². The van der Waals surface area contributed by atoms with E-state index in [0.717, 1.165) is 17.7 Å². The maximum Gasteiger partial charge on any atom is 0.262 e. The quantitative estimate of drug-likeness (QED) is 0.656. The average molecular weight is 398 g/mol. The van der Waals surface area contributed by atoms with Crippen LogP contribution in [0.2, 0.25) is 0 Å². The number of amides is 1. The van der Waals surface area contributed by atoms with Crippen molar-refractivity contribution in [2.75, 3.05) is 4.72 Å². The molecule has 3 rings (SSSR count). The molecule has 0 aliphatic heterocycles. The van der Waals surface area contributed by atoms with Crippen molar-refractivity contribution in [1.29, 1.82) is 0 Å². The fourth-order valence-electron chi connectivity index (χ4n) is 2.71. The number of benzene rings is 3. The standard InChI is InChI=1S/C21H19FN2O3S/c1-15(16-8-3-2-4-9-16)23-21(25)19-12-5-6-13-20(19)24-28(26,27)18-11-7-10-17(22)14-18/h2-15,24H,1H3,(H,23,25). The molecule has 0 aliphatic carbocycles. The number of rotatable bonds is 6. The van der Waals surface area contributed by atoms with E-state index in [-0.39, 0.29) is 22.2 Å². The minimum atomic E-state index is -4.04. The summed E-state index contributed by atoms with van der Waals surface area (Å²) in [6.45, 7) is 1.84. The van der Waals surface area contributed by atoms with Gasteiger partial charge < -0.3 is 5.32 Å². The molecule has 0 fully saturated rings. The smallest absolute Gasteiger partial charge is 0.262 e. The molecular formula is C21H19FN2O3S. The van der Waals surface area contributed by atoms with Gasteiger partial charge in [-0.2, -0.15) is 0 Å². The molecule has 3 aromatic carbocycles. The maximum absolute atomic E-state index is 13.4. The largest absolute Gasteiger partial charge is 0.345 e. The van der Waals surface area contributed by atoms with Gasteiger partial charge in [-0.1, -0.05) is 48.5 Å². The topological polar surface area (TPSA) is 75.3 Å². The Morgan fingerprint density at radius 2 is 1.61 bits per heavy atom. The zero-order valence-electron chi connectivity index (χ0n) is 15.1. The highest BCUT2D eigenvalue weighted by Crippen LogP contribution is 2.22. The number of para-hydroxylation sites is 1. The Hall–Kier alpha value is -3.19. The molecule has 0 aliphatic rings. The van der Waals surface area contributed by atoms with Gasteiger partial charge in [0, 0.05) is 0 Å². The second kappa shape index (κ2) is 8.22. The SMILES string of the molecule is CC(NC(=O)c1ccccc1NS(=O)(=O)c1cccc(F)c1)c1ccccc1. The van der Waals surface area contributed by atoms with Crippen LogP contribution in [0.3, 0.4) is 0 Å². The average Bonchev–Trinajstić information content (AvgIpc) is 2.68. The number of nitrogens with one attached hydrogen (secondary N) is 2. The second-order valence-electron chi connectivity index (χ2n) is 6.21. The minimum Gasteiger partial charge on any atom is -0.345 e. The van der Waals surface area contributed by atoms with E-state index in [9.17, 15) is 17.6 Å². The highest BCUT2D eigenvalue weighted by molar-refractivity contribution is 7.92. The molecule has 0 radical (unpaired) electrons. The number of sulfonamides is 1. The third-order valence-electron chi connectivity index (χ3n) is 4.17. The van der Waals surface area contributed by atoms with E-state index in [1.807, 2.05) is 37.3 Å². The van der Waals surface area contributed by atoms with Crippen molar-refractivity contribution >= 4 is 21.6 Å². The Bertz CT molecular complexity index is 1090. The molecule has 0 spiro atoms. The lowest BCUT2D eigenvalue weighted by Crippen LogP contribution is -2.28. The van der Waals surface area contributed by atoms with E-state index in [1.54, 1.807) is 12.1 Å². The van der Waals surface area contributed by atoms with Gasteiger partial charge in [-0.05, 0) is 42.8 Å². The van der Waals surface area contributed by atoms with Crippen molar-refractivity contribution in [3.8, 4) is 0 Å². The monoisotopic (exact) mass is 398 g/mol. The summed E-state index contributed by atoms with van der Waals surface area (Å²) in [6.07, 6.45) is 0. The van der Waals surface area contributed by atoms with Crippen molar-refractivity contribution < 1.29 is 17.6 Å². The molecule has 5 nitrogen and oxygen atoms in total. The number of halogens is 1. The highest BCUT2D eigenvalue weighted by Gasteiger charge is 2.20. The molecule has 7 heteroatoms. The van der Waals surface area contributed by atoms with Crippen molar-refractivity contribution in [3.05, 3.63) is 95.8 Å². The predicted molar refractivity (Wildman–Crippen MR) is 106 cm³/mol. The Balaban J connectivity index is 1.84. The van der Waals surface area contributed by atoms with Crippen LogP contribution >= 0.6 is 0 Å². The third-order valence-corrected chi connectivity index (χ3v) is 5.53. The van der Waals surface area contributed by atoms with E-state index >= 15 is 0 Å². The summed E-state index contributed by atoms with van der Waals surface area (Å²) in [7, 11) is -4.04. The molecule has 0 saturated carbocycles. The van der Waals surface area contributed by atoms with Crippen molar-refractivity contribution in [2.45, 2.75) is 17.9 Å². The normalized spacial score (nSPS) is 12.2. The summed E-state index contributed by atoms with van der Waals surface area (Å²) in [6, 6.07) is 20.1. The molecule has 2 N–H and O–H groups in total. The molecule has 1 atom stereocenters. The summed E-state index contributed by atoms with van der Waals surface area (Å²) < 4.78 is 40.9. The Morgan fingerprint density at radius 3 is 2.32 bits per heavy atom. The Labute approximate surface area is 163 Å². The van der Waals surface area contributed by atoms with Crippen LogP contribution in [0.4, 0.5) is 10.1 Å². The van der Waals surface area contributed by atoms with Gasteiger partial charge in [-0.25, -0.2) is 12.8 Å².